The summed E-state index contributed by atoms with van der Waals surface area (Å²) in [4.78, 5) is 19.1. The van der Waals surface area contributed by atoms with Gasteiger partial charge in [-0.15, -0.1) is 0 Å². The number of benzene rings is 1. The van der Waals surface area contributed by atoms with E-state index in [1.807, 2.05) is 0 Å². The molecule has 0 fully saturated rings. The first-order valence-electron chi connectivity index (χ1n) is 4.13. The second-order valence-electron chi connectivity index (χ2n) is 2.64. The van der Waals surface area contributed by atoms with E-state index in [-0.39, 0.29) is 5.56 Å². The van der Waals surface area contributed by atoms with Crippen molar-refractivity contribution in [1.29, 1.82) is 0 Å². The molecule has 8 heteroatoms. The Bertz CT molecular complexity index is 418. The maximum atomic E-state index is 10.4. The summed E-state index contributed by atoms with van der Waals surface area (Å²) >= 11 is 0. The van der Waals surface area contributed by atoms with Gasteiger partial charge in [-0.2, -0.15) is 0 Å². The Morgan fingerprint density at radius 1 is 1.19 bits per heavy atom. The van der Waals surface area contributed by atoms with Crippen molar-refractivity contribution in [1.82, 2.24) is 0 Å². The van der Waals surface area contributed by atoms with Gasteiger partial charge in [0.25, 0.3) is 5.69 Å². The zero-order valence-corrected chi connectivity index (χ0v) is 8.71. The molecule has 0 aromatic heterocycles. The van der Waals surface area contributed by atoms with Crippen molar-refractivity contribution in [3.8, 4) is 5.75 Å². The number of hydrogen-bond donors (Lipinski definition) is 2. The summed E-state index contributed by atoms with van der Waals surface area (Å²) in [6, 6.07) is 1.80. The molecule has 0 saturated heterocycles. The topological polar surface area (TPSA) is 133 Å². The second kappa shape index (κ2) is 5.61. The molecule has 0 spiro atoms. The number of aromatic hydroxyl groups is 1. The Morgan fingerprint density at radius 3 is 2.06 bits per heavy atom. The number of phenolic OH excluding ortho intramolecular Hbond substituents is 1. The summed E-state index contributed by atoms with van der Waals surface area (Å²) < 4.78 is 0. The van der Waals surface area contributed by atoms with E-state index in [0.717, 1.165) is 12.1 Å². The van der Waals surface area contributed by atoms with E-state index < -0.39 is 27.0 Å². The predicted molar refractivity (Wildman–Crippen MR) is 56.3 cm³/mol. The molecule has 0 radical (unpaired) electrons. The molecule has 16 heavy (non-hydrogen) atoms. The molecule has 0 atom stereocenters. The zero-order chi connectivity index (χ0) is 12.9. The number of nitrogens with two attached hydrogens (primary N) is 1. The predicted octanol–water partition coefficient (Wildman–Crippen LogP) is 1.09. The van der Waals surface area contributed by atoms with Crippen molar-refractivity contribution >= 4 is 11.4 Å². The van der Waals surface area contributed by atoms with E-state index in [1.54, 1.807) is 0 Å². The van der Waals surface area contributed by atoms with E-state index in [4.69, 9.17) is 0 Å². The summed E-state index contributed by atoms with van der Waals surface area (Å²) in [5.41, 5.74) is 3.54. The molecule has 0 heterocycles. The van der Waals surface area contributed by atoms with Gasteiger partial charge in [-0.25, -0.2) is 0 Å². The Hall–Kier alpha value is -2.22. The average molecular weight is 229 g/mol. The van der Waals surface area contributed by atoms with Crippen LogP contribution in [0, 0.1) is 27.2 Å². The van der Waals surface area contributed by atoms with Crippen LogP contribution in [-0.2, 0) is 0 Å². The third-order valence-corrected chi connectivity index (χ3v) is 1.67. The lowest BCUT2D eigenvalue weighted by molar-refractivity contribution is -0.394. The van der Waals surface area contributed by atoms with E-state index in [2.05, 4.69) is 5.73 Å². The Labute approximate surface area is 90.6 Å². The first-order chi connectivity index (χ1) is 7.43. The fourth-order valence-corrected chi connectivity index (χ4v) is 0.987. The van der Waals surface area contributed by atoms with E-state index in [1.165, 1.54) is 14.0 Å². The maximum Gasteiger partial charge on any atom is 0.317 e. The van der Waals surface area contributed by atoms with E-state index in [9.17, 15) is 25.3 Å². The maximum absolute atomic E-state index is 10.4. The largest absolute Gasteiger partial charge is 0.502 e. The zero-order valence-electron chi connectivity index (χ0n) is 8.71. The molecule has 1 rings (SSSR count). The van der Waals surface area contributed by atoms with Gasteiger partial charge >= 0.3 is 5.69 Å². The Balaban J connectivity index is 0.00000106. The lowest BCUT2D eigenvalue weighted by atomic mass is 10.1. The summed E-state index contributed by atoms with van der Waals surface area (Å²) in [6.07, 6.45) is 0. The summed E-state index contributed by atoms with van der Waals surface area (Å²) in [5, 5.41) is 29.9. The van der Waals surface area contributed by atoms with Crippen LogP contribution >= 0.6 is 0 Å². The number of rotatable bonds is 2. The highest BCUT2D eigenvalue weighted by atomic mass is 16.6. The van der Waals surface area contributed by atoms with Crippen molar-refractivity contribution in [2.24, 2.45) is 5.73 Å². The van der Waals surface area contributed by atoms with Gasteiger partial charge in [-0.1, -0.05) is 0 Å². The quantitative estimate of drug-likeness (QED) is 0.576. The molecule has 0 bridgehead atoms. The first-order valence-corrected chi connectivity index (χ1v) is 4.13. The third kappa shape index (κ3) is 2.89. The van der Waals surface area contributed by atoms with Gasteiger partial charge in [0.2, 0.25) is 0 Å². The van der Waals surface area contributed by atoms with E-state index >= 15 is 0 Å². The number of nitrogens with zero attached hydrogens (tertiary/aromatic N) is 2. The van der Waals surface area contributed by atoms with Crippen LogP contribution in [0.15, 0.2) is 12.1 Å². The SMILES string of the molecule is CN.Cc1cc([N+](=O)[O-])cc([N+](=O)[O-])c1O. The molecular formula is C8H11N3O5. The van der Waals surface area contributed by atoms with Gasteiger partial charge in [0.05, 0.1) is 15.9 Å². The van der Waals surface area contributed by atoms with Crippen molar-refractivity contribution in [3.05, 3.63) is 37.9 Å². The number of hydrogen-bond acceptors (Lipinski definition) is 6. The van der Waals surface area contributed by atoms with Gasteiger partial charge in [-0.3, -0.25) is 20.2 Å². The molecule has 0 amide bonds. The fourth-order valence-electron chi connectivity index (χ4n) is 0.987. The fraction of sp³-hybridized carbons (Fsp3) is 0.250. The summed E-state index contributed by atoms with van der Waals surface area (Å²) in [6.45, 7) is 1.36. The van der Waals surface area contributed by atoms with Crippen molar-refractivity contribution in [2.75, 3.05) is 7.05 Å². The molecule has 0 aliphatic carbocycles. The van der Waals surface area contributed by atoms with E-state index in [0.29, 0.717) is 0 Å². The highest BCUT2D eigenvalue weighted by molar-refractivity contribution is 5.57. The highest BCUT2D eigenvalue weighted by Gasteiger charge is 2.21. The normalized spacial score (nSPS) is 8.94. The average Bonchev–Trinajstić information content (AvgIpc) is 2.24. The van der Waals surface area contributed by atoms with Crippen molar-refractivity contribution < 1.29 is 15.0 Å². The van der Waals surface area contributed by atoms with Crippen LogP contribution in [-0.4, -0.2) is 22.0 Å². The van der Waals surface area contributed by atoms with Gasteiger partial charge in [0, 0.05) is 11.6 Å². The third-order valence-electron chi connectivity index (χ3n) is 1.67. The molecule has 0 aliphatic rings. The molecule has 0 saturated carbocycles. The van der Waals surface area contributed by atoms with Crippen LogP contribution < -0.4 is 5.73 Å². The van der Waals surface area contributed by atoms with Gasteiger partial charge in [0.1, 0.15) is 0 Å². The minimum atomic E-state index is -0.866. The minimum absolute atomic E-state index is 0.103. The summed E-state index contributed by atoms with van der Waals surface area (Å²) in [7, 11) is 1.50. The van der Waals surface area contributed by atoms with Crippen LogP contribution in [0.4, 0.5) is 11.4 Å². The minimum Gasteiger partial charge on any atom is -0.502 e. The molecular weight excluding hydrogens is 218 g/mol. The van der Waals surface area contributed by atoms with Crippen LogP contribution in [0.25, 0.3) is 0 Å². The van der Waals surface area contributed by atoms with Crippen LogP contribution in [0.3, 0.4) is 0 Å². The molecule has 8 nitrogen and oxygen atoms in total. The summed E-state index contributed by atoms with van der Waals surface area (Å²) in [5.74, 6) is -0.541. The van der Waals surface area contributed by atoms with Crippen molar-refractivity contribution in [2.45, 2.75) is 6.92 Å². The molecule has 0 unspecified atom stereocenters. The lowest BCUT2D eigenvalue weighted by Gasteiger charge is -1.99. The Kier molecular flexibility index (Phi) is 4.83. The highest BCUT2D eigenvalue weighted by Crippen LogP contribution is 2.33. The van der Waals surface area contributed by atoms with Crippen LogP contribution in [0.1, 0.15) is 5.56 Å². The smallest absolute Gasteiger partial charge is 0.317 e. The lowest BCUT2D eigenvalue weighted by Crippen LogP contribution is -1.94. The van der Waals surface area contributed by atoms with Crippen molar-refractivity contribution in [3.63, 3.8) is 0 Å². The monoisotopic (exact) mass is 229 g/mol. The first kappa shape index (κ1) is 13.8. The standard InChI is InChI=1S/C7H6N2O5.CH5N/c1-4-2-5(8(11)12)3-6(7(4)10)9(13)14;1-2/h2-3,10H,1H3;2H2,1H3. The second-order valence-corrected chi connectivity index (χ2v) is 2.64. The molecule has 3 N–H and O–H groups in total. The number of nitro benzene ring substituents is 2. The van der Waals surface area contributed by atoms with Gasteiger partial charge < -0.3 is 10.8 Å². The molecule has 1 aromatic carbocycles. The van der Waals surface area contributed by atoms with Gasteiger partial charge in [-0.05, 0) is 14.0 Å². The number of nitro groups is 2. The van der Waals surface area contributed by atoms with Crippen LogP contribution in [0.5, 0.6) is 5.75 Å². The van der Waals surface area contributed by atoms with Gasteiger partial charge in [0.15, 0.2) is 5.75 Å². The molecule has 0 aliphatic heterocycles. The molecule has 1 aromatic rings. The Morgan fingerprint density at radius 2 is 1.69 bits per heavy atom. The van der Waals surface area contributed by atoms with Crippen LogP contribution in [0.2, 0.25) is 0 Å². The number of non-ortho nitro benzene ring substituents is 1. The number of phenols is 1. The molecule has 88 valence electrons. The number of aryl methyl sites for hydroxylation is 1.